The van der Waals surface area contributed by atoms with Crippen LogP contribution in [0.5, 0.6) is 0 Å². The third-order valence-corrected chi connectivity index (χ3v) is 6.50. The summed E-state index contributed by atoms with van der Waals surface area (Å²) >= 11 is 0. The minimum absolute atomic E-state index is 0.0520. The Morgan fingerprint density at radius 3 is 2.42 bits per heavy atom. The van der Waals surface area contributed by atoms with E-state index in [4.69, 9.17) is 4.74 Å². The van der Waals surface area contributed by atoms with Crippen LogP contribution in [-0.4, -0.2) is 101 Å². The normalized spacial score (nSPS) is 16.9. The molecule has 2 aliphatic rings. The Morgan fingerprint density at radius 2 is 1.82 bits per heavy atom. The highest BCUT2D eigenvalue weighted by Crippen LogP contribution is 2.24. The highest BCUT2D eigenvalue weighted by molar-refractivity contribution is 5.98. The number of fused-ring (bicyclic) bond motifs is 1. The first kappa shape index (κ1) is 28.9. The smallest absolute Gasteiger partial charge is 0.410 e. The van der Waals surface area contributed by atoms with E-state index in [0.29, 0.717) is 44.3 Å². The van der Waals surface area contributed by atoms with Gasteiger partial charge in [0.1, 0.15) is 17.3 Å². The summed E-state index contributed by atoms with van der Waals surface area (Å²) < 4.78 is 11.6. The number of piperidine rings is 1. The predicted molar refractivity (Wildman–Crippen MR) is 135 cm³/mol. The lowest BCUT2D eigenvalue weighted by Gasteiger charge is -2.34. The molecule has 4 amide bonds. The molecule has 1 aromatic rings. The van der Waals surface area contributed by atoms with E-state index in [1.54, 1.807) is 9.80 Å². The number of methoxy groups -OCH3 is 1. The molecule has 1 fully saturated rings. The van der Waals surface area contributed by atoms with Gasteiger partial charge in [-0.1, -0.05) is 0 Å². The summed E-state index contributed by atoms with van der Waals surface area (Å²) in [6, 6.07) is 0.404. The van der Waals surface area contributed by atoms with Crippen LogP contribution in [0.1, 0.15) is 67.9 Å². The zero-order valence-electron chi connectivity index (χ0n) is 22.7. The lowest BCUT2D eigenvalue weighted by Crippen LogP contribution is -2.48. The van der Waals surface area contributed by atoms with E-state index >= 15 is 0 Å². The number of nitrogens with one attached hydrogen (secondary N) is 2. The van der Waals surface area contributed by atoms with Crippen LogP contribution in [-0.2, 0) is 25.6 Å². The standard InChI is InChI=1S/C25H38N6O7/c1-16(32)27-19(23(35)37-5)15-26-21(33)18-14-20-22(34)29(12-13-31(20)28-18)9-6-17-7-10-30(11-8-17)24(36)38-25(2,3)4/h14,17,19H,6-13,15H2,1-5H3,(H,26,33)(H,27,32)/t19-/m0/s1. The second kappa shape index (κ2) is 12.3. The van der Waals surface area contributed by atoms with Gasteiger partial charge in [0.05, 0.1) is 13.7 Å². The maximum Gasteiger partial charge on any atom is 0.410 e. The number of amides is 4. The third kappa shape index (κ3) is 7.68. The molecule has 1 aromatic heterocycles. The molecule has 210 valence electrons. The molecule has 3 rings (SSSR count). The number of carbonyl (C=O) groups excluding carboxylic acids is 5. The SMILES string of the molecule is COC(=O)[C@H](CNC(=O)c1cc2n(n1)CCN(CCC1CCN(C(=O)OC(C)(C)C)CC1)C2=O)NC(C)=O. The van der Waals surface area contributed by atoms with Crippen LogP contribution >= 0.6 is 0 Å². The Hall–Kier alpha value is -3.64. The van der Waals surface area contributed by atoms with Gasteiger partial charge in [-0.2, -0.15) is 5.10 Å². The number of ether oxygens (including phenoxy) is 2. The van der Waals surface area contributed by atoms with Crippen LogP contribution in [0, 0.1) is 5.92 Å². The summed E-state index contributed by atoms with van der Waals surface area (Å²) in [6.45, 7) is 9.43. The molecular formula is C25H38N6O7. The van der Waals surface area contributed by atoms with Gasteiger partial charge in [0.2, 0.25) is 5.91 Å². The number of carbonyl (C=O) groups is 5. The molecule has 38 heavy (non-hydrogen) atoms. The topological polar surface area (TPSA) is 152 Å². The molecule has 0 aromatic carbocycles. The summed E-state index contributed by atoms with van der Waals surface area (Å²) in [4.78, 5) is 64.6. The zero-order chi connectivity index (χ0) is 28.0. The van der Waals surface area contributed by atoms with E-state index in [9.17, 15) is 24.0 Å². The Bertz CT molecular complexity index is 1060. The molecule has 0 unspecified atom stereocenters. The Balaban J connectivity index is 1.50. The summed E-state index contributed by atoms with van der Waals surface area (Å²) in [6.07, 6.45) is 2.25. The van der Waals surface area contributed by atoms with E-state index in [1.165, 1.54) is 24.8 Å². The zero-order valence-corrected chi connectivity index (χ0v) is 22.7. The van der Waals surface area contributed by atoms with Crippen LogP contribution in [0.3, 0.4) is 0 Å². The fourth-order valence-electron chi connectivity index (χ4n) is 4.50. The second-order valence-electron chi connectivity index (χ2n) is 10.6. The van der Waals surface area contributed by atoms with Crippen molar-refractivity contribution in [3.8, 4) is 0 Å². The van der Waals surface area contributed by atoms with Crippen LogP contribution in [0.2, 0.25) is 0 Å². The first-order valence-electron chi connectivity index (χ1n) is 12.9. The molecule has 1 saturated heterocycles. The highest BCUT2D eigenvalue weighted by atomic mass is 16.6. The number of esters is 1. The monoisotopic (exact) mass is 534 g/mol. The highest BCUT2D eigenvalue weighted by Gasteiger charge is 2.31. The molecule has 0 saturated carbocycles. The summed E-state index contributed by atoms with van der Waals surface area (Å²) in [5.41, 5.74) is -0.142. The van der Waals surface area contributed by atoms with Crippen molar-refractivity contribution < 1.29 is 33.4 Å². The van der Waals surface area contributed by atoms with Crippen LogP contribution < -0.4 is 10.6 Å². The van der Waals surface area contributed by atoms with Crippen LogP contribution in [0.25, 0.3) is 0 Å². The van der Waals surface area contributed by atoms with E-state index in [1.807, 2.05) is 20.8 Å². The maximum absolute atomic E-state index is 13.1. The van der Waals surface area contributed by atoms with Crippen LogP contribution in [0.4, 0.5) is 4.79 Å². The van der Waals surface area contributed by atoms with Gasteiger partial charge < -0.3 is 29.9 Å². The summed E-state index contributed by atoms with van der Waals surface area (Å²) in [7, 11) is 1.19. The largest absolute Gasteiger partial charge is 0.467 e. The van der Waals surface area contributed by atoms with Crippen LogP contribution in [0.15, 0.2) is 6.07 Å². The number of hydrogen-bond donors (Lipinski definition) is 2. The average Bonchev–Trinajstić information content (AvgIpc) is 3.30. The molecule has 13 nitrogen and oxygen atoms in total. The summed E-state index contributed by atoms with van der Waals surface area (Å²) in [5.74, 6) is -1.49. The molecule has 1 atom stereocenters. The molecule has 0 bridgehead atoms. The van der Waals surface area contributed by atoms with Gasteiger partial charge >= 0.3 is 12.1 Å². The molecule has 0 aliphatic carbocycles. The summed E-state index contributed by atoms with van der Waals surface area (Å²) in [5, 5.41) is 9.22. The van der Waals surface area contributed by atoms with Crippen molar-refractivity contribution in [2.75, 3.05) is 39.8 Å². The lowest BCUT2D eigenvalue weighted by atomic mass is 9.93. The van der Waals surface area contributed by atoms with E-state index in [0.717, 1.165) is 19.3 Å². The fourth-order valence-corrected chi connectivity index (χ4v) is 4.50. The molecule has 3 heterocycles. The maximum atomic E-state index is 13.1. The Labute approximate surface area is 222 Å². The lowest BCUT2D eigenvalue weighted by molar-refractivity contribution is -0.144. The molecule has 13 heteroatoms. The Kier molecular flexibility index (Phi) is 9.34. The second-order valence-corrected chi connectivity index (χ2v) is 10.6. The van der Waals surface area contributed by atoms with Crippen molar-refractivity contribution >= 4 is 29.8 Å². The number of nitrogens with zero attached hydrogens (tertiary/aromatic N) is 4. The van der Waals surface area contributed by atoms with Crippen molar-refractivity contribution in [1.82, 2.24) is 30.2 Å². The molecule has 0 radical (unpaired) electrons. The van der Waals surface area contributed by atoms with Crippen molar-refractivity contribution in [3.05, 3.63) is 17.5 Å². The molecule has 2 aliphatic heterocycles. The minimum atomic E-state index is -1.04. The third-order valence-electron chi connectivity index (χ3n) is 6.50. The van der Waals surface area contributed by atoms with Crippen molar-refractivity contribution in [3.63, 3.8) is 0 Å². The van der Waals surface area contributed by atoms with Gasteiger partial charge in [0.25, 0.3) is 11.8 Å². The quantitative estimate of drug-likeness (QED) is 0.464. The number of hydrogen-bond acceptors (Lipinski definition) is 8. The average molecular weight is 535 g/mol. The van der Waals surface area contributed by atoms with Crippen molar-refractivity contribution in [1.29, 1.82) is 0 Å². The number of rotatable bonds is 8. The molecule has 0 spiro atoms. The van der Waals surface area contributed by atoms with Crippen molar-refractivity contribution in [2.45, 2.75) is 65.1 Å². The fraction of sp³-hybridized carbons (Fsp3) is 0.680. The Morgan fingerprint density at radius 1 is 1.13 bits per heavy atom. The first-order chi connectivity index (χ1) is 17.9. The first-order valence-corrected chi connectivity index (χ1v) is 12.9. The van der Waals surface area contributed by atoms with Gasteiger partial charge in [-0.25, -0.2) is 9.59 Å². The van der Waals surface area contributed by atoms with E-state index in [-0.39, 0.29) is 24.2 Å². The van der Waals surface area contributed by atoms with Crippen molar-refractivity contribution in [2.24, 2.45) is 5.92 Å². The van der Waals surface area contributed by atoms with Gasteiger partial charge in [0.15, 0.2) is 5.69 Å². The van der Waals surface area contributed by atoms with Gasteiger partial charge in [0, 0.05) is 45.7 Å². The van der Waals surface area contributed by atoms with Gasteiger partial charge in [-0.3, -0.25) is 19.1 Å². The molecule has 2 N–H and O–H groups in total. The number of aromatic nitrogens is 2. The van der Waals surface area contributed by atoms with Gasteiger partial charge in [-0.15, -0.1) is 0 Å². The molecular weight excluding hydrogens is 496 g/mol. The minimum Gasteiger partial charge on any atom is -0.467 e. The predicted octanol–water partition coefficient (Wildman–Crippen LogP) is 0.784. The van der Waals surface area contributed by atoms with E-state index < -0.39 is 29.4 Å². The van der Waals surface area contributed by atoms with E-state index in [2.05, 4.69) is 20.5 Å². The van der Waals surface area contributed by atoms with Gasteiger partial charge in [-0.05, 0) is 46.0 Å². The number of likely N-dealkylation sites (tertiary alicyclic amines) is 1.